The van der Waals surface area contributed by atoms with Crippen molar-refractivity contribution in [2.75, 3.05) is 0 Å². The first kappa shape index (κ1) is 17.2. The molecule has 0 radical (unpaired) electrons. The van der Waals surface area contributed by atoms with Gasteiger partial charge in [-0.3, -0.25) is 0 Å². The largest absolute Gasteiger partial charge is 0.106 e. The summed E-state index contributed by atoms with van der Waals surface area (Å²) in [7, 11) is 0. The third-order valence-corrected chi connectivity index (χ3v) is 3.09. The molecule has 0 N–H and O–H groups in total. The van der Waals surface area contributed by atoms with Gasteiger partial charge in [-0.25, -0.2) is 0 Å². The molecular weight excluding hydrogens is 264 g/mol. The summed E-state index contributed by atoms with van der Waals surface area (Å²) >= 11 is 0. The molecule has 0 saturated heterocycles. The van der Waals surface area contributed by atoms with Crippen molar-refractivity contribution in [2.24, 2.45) is 0 Å². The van der Waals surface area contributed by atoms with E-state index >= 15 is 0 Å². The molecule has 3 rings (SSSR count). The highest BCUT2D eigenvalue weighted by atomic mass is 13.9. The van der Waals surface area contributed by atoms with Crippen molar-refractivity contribution >= 4 is 22.9 Å². The van der Waals surface area contributed by atoms with Gasteiger partial charge in [0.2, 0.25) is 0 Å². The van der Waals surface area contributed by atoms with Gasteiger partial charge < -0.3 is 0 Å². The molecule has 0 aliphatic carbocycles. The number of hydrogen-bond acceptors (Lipinski definition) is 0. The Morgan fingerprint density at radius 2 is 0.773 bits per heavy atom. The Morgan fingerprint density at radius 3 is 1.05 bits per heavy atom. The van der Waals surface area contributed by atoms with Gasteiger partial charge in [0.15, 0.2) is 0 Å². The Labute approximate surface area is 133 Å². The number of rotatable bonds is 2. The van der Waals surface area contributed by atoms with Gasteiger partial charge in [-0.05, 0) is 21.9 Å². The molecule has 0 spiro atoms. The first-order chi connectivity index (χ1) is 10.8. The summed E-state index contributed by atoms with van der Waals surface area (Å²) in [5.41, 5.74) is 2.27. The van der Waals surface area contributed by atoms with Crippen molar-refractivity contribution < 1.29 is 0 Å². The van der Waals surface area contributed by atoms with Crippen LogP contribution in [0.5, 0.6) is 0 Å². The smallest absolute Gasteiger partial charge is 0.0184 e. The van der Waals surface area contributed by atoms with Gasteiger partial charge in [-0.15, -0.1) is 13.2 Å². The third kappa shape index (κ3) is 4.92. The molecule has 0 bridgehead atoms. The summed E-state index contributed by atoms with van der Waals surface area (Å²) in [6.07, 6.45) is 3.66. The predicted octanol–water partition coefficient (Wildman–Crippen LogP) is 6.61. The lowest BCUT2D eigenvalue weighted by atomic mass is 10.1. The van der Waals surface area contributed by atoms with Crippen LogP contribution in [0.2, 0.25) is 0 Å². The van der Waals surface area contributed by atoms with E-state index in [-0.39, 0.29) is 0 Å². The lowest BCUT2D eigenvalue weighted by molar-refractivity contribution is 1.62. The number of fused-ring (bicyclic) bond motifs is 1. The second-order valence-corrected chi connectivity index (χ2v) is 4.38. The monoisotopic (exact) mass is 286 g/mol. The van der Waals surface area contributed by atoms with Crippen LogP contribution in [0.15, 0.2) is 99.1 Å². The first-order valence-corrected chi connectivity index (χ1v) is 7.13. The highest BCUT2D eigenvalue weighted by Crippen LogP contribution is 2.11. The minimum absolute atomic E-state index is 1.14. The zero-order chi connectivity index (χ0) is 16.2. The van der Waals surface area contributed by atoms with Crippen LogP contribution in [0.25, 0.3) is 22.9 Å². The number of benzene rings is 3. The highest BCUT2D eigenvalue weighted by molar-refractivity contribution is 5.82. The molecular formula is C22H22. The average molecular weight is 286 g/mol. The van der Waals surface area contributed by atoms with E-state index in [2.05, 4.69) is 74.8 Å². The first-order valence-electron chi connectivity index (χ1n) is 7.13. The maximum Gasteiger partial charge on any atom is -0.0184 e. The highest BCUT2D eigenvalue weighted by Gasteiger charge is 1.89. The second kappa shape index (κ2) is 9.95. The lowest BCUT2D eigenvalue weighted by Crippen LogP contribution is -1.76. The molecule has 3 aromatic carbocycles. The zero-order valence-electron chi connectivity index (χ0n) is 12.9. The predicted molar refractivity (Wildman–Crippen MR) is 102 cm³/mol. The van der Waals surface area contributed by atoms with Crippen LogP contribution in [0.3, 0.4) is 0 Å². The molecule has 0 heterocycles. The quantitative estimate of drug-likeness (QED) is 0.465. The van der Waals surface area contributed by atoms with Gasteiger partial charge in [0.1, 0.15) is 0 Å². The summed E-state index contributed by atoms with van der Waals surface area (Å²) in [5.74, 6) is 0. The van der Waals surface area contributed by atoms with Crippen molar-refractivity contribution in [1.82, 2.24) is 0 Å². The van der Waals surface area contributed by atoms with Crippen LogP contribution >= 0.6 is 0 Å². The van der Waals surface area contributed by atoms with Crippen molar-refractivity contribution in [3.63, 3.8) is 0 Å². The molecule has 0 fully saturated rings. The van der Waals surface area contributed by atoms with E-state index in [9.17, 15) is 0 Å². The molecule has 0 nitrogen and oxygen atoms in total. The summed E-state index contributed by atoms with van der Waals surface area (Å²) in [5, 5.41) is 2.62. The van der Waals surface area contributed by atoms with Crippen molar-refractivity contribution in [3.8, 4) is 0 Å². The van der Waals surface area contributed by atoms with Crippen LogP contribution in [-0.2, 0) is 0 Å². The maximum absolute atomic E-state index is 3.69. The Morgan fingerprint density at radius 1 is 0.500 bits per heavy atom. The van der Waals surface area contributed by atoms with Crippen LogP contribution in [0.4, 0.5) is 0 Å². The van der Waals surface area contributed by atoms with Gasteiger partial charge >= 0.3 is 0 Å². The molecule has 0 aromatic heterocycles. The summed E-state index contributed by atoms with van der Waals surface area (Å²) in [6.45, 7) is 13.4. The summed E-state index contributed by atoms with van der Waals surface area (Å²) < 4.78 is 0. The van der Waals surface area contributed by atoms with Gasteiger partial charge in [0.05, 0.1) is 0 Å². The standard InChI is InChI=1S/C10H8.C10H10.C2H4/c1-2-6-10-8-4-3-7-9(10)5-1;1-3-9-7-5-6-8-10(9)4-2;1-2/h1-8H;3-8H,1-2H2;1-2H2. The van der Waals surface area contributed by atoms with Gasteiger partial charge in [0.25, 0.3) is 0 Å². The van der Waals surface area contributed by atoms with E-state index < -0.39 is 0 Å². The van der Waals surface area contributed by atoms with Gasteiger partial charge in [-0.1, -0.05) is 98.1 Å². The van der Waals surface area contributed by atoms with Gasteiger partial charge in [0, 0.05) is 0 Å². The summed E-state index contributed by atoms with van der Waals surface area (Å²) in [6, 6.07) is 24.7. The molecule has 22 heavy (non-hydrogen) atoms. The average Bonchev–Trinajstić information content (AvgIpc) is 2.64. The van der Waals surface area contributed by atoms with E-state index in [1.165, 1.54) is 10.8 Å². The minimum Gasteiger partial charge on any atom is -0.106 e. The van der Waals surface area contributed by atoms with Crippen LogP contribution in [-0.4, -0.2) is 0 Å². The van der Waals surface area contributed by atoms with Crippen LogP contribution < -0.4 is 0 Å². The second-order valence-electron chi connectivity index (χ2n) is 4.38. The van der Waals surface area contributed by atoms with Crippen LogP contribution in [0, 0.1) is 0 Å². The molecule has 0 heteroatoms. The number of hydrogen-bond donors (Lipinski definition) is 0. The molecule has 0 aliphatic rings. The molecule has 0 amide bonds. The molecule has 110 valence electrons. The Bertz CT molecular complexity index is 630. The maximum atomic E-state index is 3.69. The zero-order valence-corrected chi connectivity index (χ0v) is 12.9. The topological polar surface area (TPSA) is 0 Å². The van der Waals surface area contributed by atoms with Crippen molar-refractivity contribution in [1.29, 1.82) is 0 Å². The molecule has 0 saturated carbocycles. The molecule has 3 aromatic rings. The molecule has 0 unspecified atom stereocenters. The van der Waals surface area contributed by atoms with E-state index in [0.29, 0.717) is 0 Å². The summed E-state index contributed by atoms with van der Waals surface area (Å²) in [4.78, 5) is 0. The van der Waals surface area contributed by atoms with Gasteiger partial charge in [-0.2, -0.15) is 0 Å². The van der Waals surface area contributed by atoms with E-state index in [1.807, 2.05) is 36.4 Å². The fourth-order valence-corrected chi connectivity index (χ4v) is 2.02. The van der Waals surface area contributed by atoms with E-state index in [0.717, 1.165) is 11.1 Å². The fraction of sp³-hybridized carbons (Fsp3) is 0. The fourth-order valence-electron chi connectivity index (χ4n) is 2.02. The SMILES string of the molecule is C=C.C=Cc1ccccc1C=C.c1ccc2ccccc2c1. The van der Waals surface area contributed by atoms with E-state index in [1.54, 1.807) is 0 Å². The Hall–Kier alpha value is -2.86. The molecule has 0 atom stereocenters. The molecule has 0 aliphatic heterocycles. The minimum atomic E-state index is 1.14. The van der Waals surface area contributed by atoms with E-state index in [4.69, 9.17) is 0 Å². The normalized spacial score (nSPS) is 8.73. The lowest BCUT2D eigenvalue weighted by Gasteiger charge is -1.96. The third-order valence-electron chi connectivity index (χ3n) is 3.09. The van der Waals surface area contributed by atoms with Crippen molar-refractivity contribution in [3.05, 3.63) is 110 Å². The van der Waals surface area contributed by atoms with Crippen LogP contribution in [0.1, 0.15) is 11.1 Å². The Balaban J connectivity index is 0.000000198. The van der Waals surface area contributed by atoms with Crippen molar-refractivity contribution in [2.45, 2.75) is 0 Å². The Kier molecular flexibility index (Phi) is 7.78.